The molecule has 0 aliphatic rings. The molecule has 0 aliphatic heterocycles. The molecule has 0 unspecified atom stereocenters. The minimum absolute atomic E-state index is 0.604. The fourth-order valence-electron chi connectivity index (χ4n) is 1.79. The molecule has 0 atom stereocenters. The molecule has 0 fully saturated rings. The molecule has 0 radical (unpaired) electrons. The van der Waals surface area contributed by atoms with E-state index in [9.17, 15) is 0 Å². The Balaban J connectivity index is 2.44. The van der Waals surface area contributed by atoms with Crippen LogP contribution in [0, 0.1) is 5.92 Å². The van der Waals surface area contributed by atoms with E-state index in [1.54, 1.807) is 6.20 Å². The Bertz CT molecular complexity index is 461. The lowest BCUT2D eigenvalue weighted by Crippen LogP contribution is -2.03. The van der Waals surface area contributed by atoms with Gasteiger partial charge in [-0.15, -0.1) is 0 Å². The third-order valence-corrected chi connectivity index (χ3v) is 2.66. The Labute approximate surface area is 101 Å². The summed E-state index contributed by atoms with van der Waals surface area (Å²) >= 11 is 6.03. The smallest absolute Gasteiger partial charge is 0.0678 e. The molecule has 3 heteroatoms. The van der Waals surface area contributed by atoms with Crippen LogP contribution in [-0.2, 0) is 6.42 Å². The van der Waals surface area contributed by atoms with E-state index in [1.807, 2.05) is 35.1 Å². The van der Waals surface area contributed by atoms with Crippen LogP contribution >= 0.6 is 11.6 Å². The van der Waals surface area contributed by atoms with Crippen LogP contribution in [0.3, 0.4) is 0 Å². The van der Waals surface area contributed by atoms with Gasteiger partial charge in [0, 0.05) is 17.4 Å². The number of halogens is 1. The Morgan fingerprint density at radius 1 is 1.38 bits per heavy atom. The summed E-state index contributed by atoms with van der Waals surface area (Å²) in [5.74, 6) is 0.604. The standard InChI is InChI=1S/C13H15ClN2/c1-10(2)8-11-9-12(14)4-5-13(11)16-7-3-6-15-16/h3-7,9-10H,8H2,1-2H3. The fraction of sp³-hybridized carbons (Fsp3) is 0.308. The lowest BCUT2D eigenvalue weighted by Gasteiger charge is -2.12. The van der Waals surface area contributed by atoms with Crippen LogP contribution in [0.15, 0.2) is 36.7 Å². The average molecular weight is 235 g/mol. The van der Waals surface area contributed by atoms with Crippen molar-refractivity contribution in [2.24, 2.45) is 5.92 Å². The number of nitrogens with zero attached hydrogens (tertiary/aromatic N) is 2. The van der Waals surface area contributed by atoms with Gasteiger partial charge in [-0.05, 0) is 42.2 Å². The highest BCUT2D eigenvalue weighted by Crippen LogP contribution is 2.21. The monoisotopic (exact) mass is 234 g/mol. The first-order chi connectivity index (χ1) is 7.66. The van der Waals surface area contributed by atoms with E-state index < -0.39 is 0 Å². The fourth-order valence-corrected chi connectivity index (χ4v) is 1.99. The summed E-state index contributed by atoms with van der Waals surface area (Å²) in [6.07, 6.45) is 4.75. The van der Waals surface area contributed by atoms with Crippen LogP contribution in [0.5, 0.6) is 0 Å². The van der Waals surface area contributed by atoms with Gasteiger partial charge in [-0.2, -0.15) is 5.10 Å². The van der Waals surface area contributed by atoms with E-state index in [4.69, 9.17) is 11.6 Å². The van der Waals surface area contributed by atoms with E-state index in [0.29, 0.717) is 5.92 Å². The first-order valence-corrected chi connectivity index (χ1v) is 5.83. The topological polar surface area (TPSA) is 17.8 Å². The van der Waals surface area contributed by atoms with Crippen molar-refractivity contribution in [2.75, 3.05) is 0 Å². The van der Waals surface area contributed by atoms with Crippen molar-refractivity contribution in [1.82, 2.24) is 9.78 Å². The van der Waals surface area contributed by atoms with Crippen LogP contribution in [0.25, 0.3) is 5.69 Å². The molecule has 1 heterocycles. The number of hydrogen-bond donors (Lipinski definition) is 0. The highest BCUT2D eigenvalue weighted by atomic mass is 35.5. The van der Waals surface area contributed by atoms with Gasteiger partial charge in [0.2, 0.25) is 0 Å². The number of benzene rings is 1. The van der Waals surface area contributed by atoms with Crippen molar-refractivity contribution in [3.63, 3.8) is 0 Å². The molecule has 1 aromatic heterocycles. The molecule has 0 amide bonds. The minimum atomic E-state index is 0.604. The first-order valence-electron chi connectivity index (χ1n) is 5.45. The van der Waals surface area contributed by atoms with E-state index in [0.717, 1.165) is 17.1 Å². The van der Waals surface area contributed by atoms with E-state index in [-0.39, 0.29) is 0 Å². The zero-order chi connectivity index (χ0) is 11.5. The van der Waals surface area contributed by atoms with Gasteiger partial charge in [0.25, 0.3) is 0 Å². The quantitative estimate of drug-likeness (QED) is 0.792. The molecule has 84 valence electrons. The van der Waals surface area contributed by atoms with Gasteiger partial charge in [-0.25, -0.2) is 4.68 Å². The highest BCUT2D eigenvalue weighted by Gasteiger charge is 2.07. The molecular weight excluding hydrogens is 220 g/mol. The van der Waals surface area contributed by atoms with Crippen LogP contribution < -0.4 is 0 Å². The average Bonchev–Trinajstić information content (AvgIpc) is 2.69. The second kappa shape index (κ2) is 4.71. The maximum absolute atomic E-state index is 6.03. The van der Waals surface area contributed by atoms with Crippen molar-refractivity contribution in [3.05, 3.63) is 47.2 Å². The maximum atomic E-state index is 6.03. The predicted molar refractivity (Wildman–Crippen MR) is 67.1 cm³/mol. The summed E-state index contributed by atoms with van der Waals surface area (Å²) in [6, 6.07) is 7.88. The summed E-state index contributed by atoms with van der Waals surface area (Å²) in [4.78, 5) is 0. The molecule has 0 saturated carbocycles. The lowest BCUT2D eigenvalue weighted by atomic mass is 10.0. The molecule has 0 bridgehead atoms. The van der Waals surface area contributed by atoms with Gasteiger partial charge < -0.3 is 0 Å². The number of aromatic nitrogens is 2. The molecular formula is C13H15ClN2. The highest BCUT2D eigenvalue weighted by molar-refractivity contribution is 6.30. The molecule has 2 rings (SSSR count). The second-order valence-electron chi connectivity index (χ2n) is 4.32. The Kier molecular flexibility index (Phi) is 3.30. The van der Waals surface area contributed by atoms with Gasteiger partial charge in [0.1, 0.15) is 0 Å². The van der Waals surface area contributed by atoms with E-state index >= 15 is 0 Å². The second-order valence-corrected chi connectivity index (χ2v) is 4.76. The molecule has 0 spiro atoms. The summed E-state index contributed by atoms with van der Waals surface area (Å²) in [7, 11) is 0. The third-order valence-electron chi connectivity index (χ3n) is 2.42. The summed E-state index contributed by atoms with van der Waals surface area (Å²) in [6.45, 7) is 4.40. The van der Waals surface area contributed by atoms with E-state index in [1.165, 1.54) is 5.56 Å². The van der Waals surface area contributed by atoms with Crippen molar-refractivity contribution in [2.45, 2.75) is 20.3 Å². The van der Waals surface area contributed by atoms with Gasteiger partial charge in [-0.1, -0.05) is 25.4 Å². The van der Waals surface area contributed by atoms with Gasteiger partial charge in [-0.3, -0.25) is 0 Å². The van der Waals surface area contributed by atoms with Crippen LogP contribution in [-0.4, -0.2) is 9.78 Å². The molecule has 2 aromatic rings. The van der Waals surface area contributed by atoms with Crippen molar-refractivity contribution >= 4 is 11.6 Å². The molecule has 0 saturated heterocycles. The Morgan fingerprint density at radius 2 is 2.19 bits per heavy atom. The largest absolute Gasteiger partial charge is 0.241 e. The summed E-state index contributed by atoms with van der Waals surface area (Å²) < 4.78 is 1.88. The van der Waals surface area contributed by atoms with Gasteiger partial charge in [0.05, 0.1) is 5.69 Å². The van der Waals surface area contributed by atoms with Crippen LogP contribution in [0.1, 0.15) is 19.4 Å². The molecule has 2 nitrogen and oxygen atoms in total. The van der Waals surface area contributed by atoms with Gasteiger partial charge in [0.15, 0.2) is 0 Å². The van der Waals surface area contributed by atoms with Crippen molar-refractivity contribution in [3.8, 4) is 5.69 Å². The molecule has 0 aliphatic carbocycles. The van der Waals surface area contributed by atoms with Crippen molar-refractivity contribution < 1.29 is 0 Å². The summed E-state index contributed by atoms with van der Waals surface area (Å²) in [5.41, 5.74) is 2.36. The summed E-state index contributed by atoms with van der Waals surface area (Å²) in [5, 5.41) is 5.04. The van der Waals surface area contributed by atoms with Crippen molar-refractivity contribution in [1.29, 1.82) is 0 Å². The van der Waals surface area contributed by atoms with Crippen LogP contribution in [0.2, 0.25) is 5.02 Å². The van der Waals surface area contributed by atoms with Crippen LogP contribution in [0.4, 0.5) is 0 Å². The SMILES string of the molecule is CC(C)Cc1cc(Cl)ccc1-n1cccn1. The predicted octanol–water partition coefficient (Wildman–Crippen LogP) is 3.72. The number of rotatable bonds is 3. The molecule has 0 N–H and O–H groups in total. The Morgan fingerprint density at radius 3 is 2.81 bits per heavy atom. The molecule has 1 aromatic carbocycles. The lowest BCUT2D eigenvalue weighted by molar-refractivity contribution is 0.642. The van der Waals surface area contributed by atoms with E-state index in [2.05, 4.69) is 18.9 Å². The number of hydrogen-bond acceptors (Lipinski definition) is 1. The molecule has 16 heavy (non-hydrogen) atoms. The minimum Gasteiger partial charge on any atom is -0.241 e. The first kappa shape index (κ1) is 11.2. The zero-order valence-corrected chi connectivity index (χ0v) is 10.3. The third kappa shape index (κ3) is 2.45. The normalized spacial score (nSPS) is 11.0. The Hall–Kier alpha value is -1.28. The maximum Gasteiger partial charge on any atom is 0.0678 e. The zero-order valence-electron chi connectivity index (χ0n) is 9.52. The van der Waals surface area contributed by atoms with Gasteiger partial charge >= 0.3 is 0 Å².